The lowest BCUT2D eigenvalue weighted by molar-refractivity contribution is -0.163. The summed E-state index contributed by atoms with van der Waals surface area (Å²) in [5.74, 6) is 0.256. The molecule has 3 N–H and O–H groups in total. The van der Waals surface area contributed by atoms with Gasteiger partial charge in [-0.05, 0) is 17.0 Å². The molecule has 4 nitrogen and oxygen atoms in total. The molecule has 2 rings (SSSR count). The third kappa shape index (κ3) is 2.96. The number of hydrogen-bond donors (Lipinski definition) is 2. The maximum Gasteiger partial charge on any atom is 0.227 e. The van der Waals surface area contributed by atoms with E-state index in [1.807, 2.05) is 38.1 Å². The van der Waals surface area contributed by atoms with Crippen molar-refractivity contribution in [3.8, 4) is 0 Å². The van der Waals surface area contributed by atoms with Crippen molar-refractivity contribution >= 4 is 5.91 Å². The van der Waals surface area contributed by atoms with Crippen molar-refractivity contribution < 1.29 is 9.90 Å². The van der Waals surface area contributed by atoms with Crippen molar-refractivity contribution in [3.05, 3.63) is 35.4 Å². The highest BCUT2D eigenvalue weighted by molar-refractivity contribution is 5.80. The third-order valence-electron chi connectivity index (χ3n) is 3.97. The standard InChI is InChI=1S/C15H22N2O2/c1-11(2)15(19)9-17(10-15)14(18)7-12-3-5-13(8-16)6-4-12/h3-6,11,19H,7-10,16H2,1-2H3. The Labute approximate surface area is 114 Å². The van der Waals surface area contributed by atoms with Crippen molar-refractivity contribution in [1.82, 2.24) is 4.90 Å². The molecule has 0 spiro atoms. The number of carbonyl (C=O) groups is 1. The molecule has 1 aliphatic heterocycles. The van der Waals surface area contributed by atoms with Crippen LogP contribution in [0.4, 0.5) is 0 Å². The van der Waals surface area contributed by atoms with Crippen LogP contribution in [0, 0.1) is 5.92 Å². The van der Waals surface area contributed by atoms with Crippen LogP contribution in [0.25, 0.3) is 0 Å². The maximum absolute atomic E-state index is 12.0. The fraction of sp³-hybridized carbons (Fsp3) is 0.533. The van der Waals surface area contributed by atoms with E-state index in [1.165, 1.54) is 0 Å². The first-order valence-corrected chi connectivity index (χ1v) is 6.72. The molecule has 1 heterocycles. The van der Waals surface area contributed by atoms with Gasteiger partial charge in [0.1, 0.15) is 5.60 Å². The Morgan fingerprint density at radius 3 is 2.32 bits per heavy atom. The van der Waals surface area contributed by atoms with Gasteiger partial charge in [-0.1, -0.05) is 38.1 Å². The number of nitrogens with two attached hydrogens (primary N) is 1. The Hall–Kier alpha value is -1.39. The summed E-state index contributed by atoms with van der Waals surface area (Å²) in [5, 5.41) is 10.1. The summed E-state index contributed by atoms with van der Waals surface area (Å²) in [6.45, 7) is 5.37. The van der Waals surface area contributed by atoms with Crippen LogP contribution in [-0.4, -0.2) is 34.6 Å². The predicted octanol–water partition coefficient (Wildman–Crippen LogP) is 0.917. The van der Waals surface area contributed by atoms with E-state index in [1.54, 1.807) is 4.90 Å². The number of nitrogens with zero attached hydrogens (tertiary/aromatic N) is 1. The minimum atomic E-state index is -0.695. The second kappa shape index (κ2) is 5.31. The number of carbonyl (C=O) groups excluding carboxylic acids is 1. The molecular weight excluding hydrogens is 240 g/mol. The smallest absolute Gasteiger partial charge is 0.227 e. The highest BCUT2D eigenvalue weighted by atomic mass is 16.3. The number of amides is 1. The summed E-state index contributed by atoms with van der Waals surface area (Å²) >= 11 is 0. The monoisotopic (exact) mass is 262 g/mol. The molecule has 1 aliphatic rings. The van der Waals surface area contributed by atoms with Crippen LogP contribution >= 0.6 is 0 Å². The summed E-state index contributed by atoms with van der Waals surface area (Å²) in [4.78, 5) is 13.8. The minimum absolute atomic E-state index is 0.0748. The average molecular weight is 262 g/mol. The van der Waals surface area contributed by atoms with E-state index in [4.69, 9.17) is 5.73 Å². The zero-order valence-corrected chi connectivity index (χ0v) is 11.6. The van der Waals surface area contributed by atoms with Gasteiger partial charge < -0.3 is 15.7 Å². The minimum Gasteiger partial charge on any atom is -0.386 e. The van der Waals surface area contributed by atoms with Gasteiger partial charge in [-0.15, -0.1) is 0 Å². The van der Waals surface area contributed by atoms with Crippen molar-refractivity contribution in [3.63, 3.8) is 0 Å². The molecule has 0 unspecified atom stereocenters. The van der Waals surface area contributed by atoms with Crippen LogP contribution in [0.1, 0.15) is 25.0 Å². The van der Waals surface area contributed by atoms with Crippen LogP contribution in [0.15, 0.2) is 24.3 Å². The first-order chi connectivity index (χ1) is 8.94. The topological polar surface area (TPSA) is 66.6 Å². The van der Waals surface area contributed by atoms with Crippen molar-refractivity contribution in [2.45, 2.75) is 32.4 Å². The number of benzene rings is 1. The summed E-state index contributed by atoms with van der Waals surface area (Å²) in [7, 11) is 0. The molecule has 0 atom stereocenters. The molecule has 0 saturated carbocycles. The van der Waals surface area contributed by atoms with Gasteiger partial charge in [0.05, 0.1) is 19.5 Å². The number of aliphatic hydroxyl groups is 1. The summed E-state index contributed by atoms with van der Waals surface area (Å²) in [6, 6.07) is 7.77. The van der Waals surface area contributed by atoms with Crippen molar-refractivity contribution in [1.29, 1.82) is 0 Å². The Balaban J connectivity index is 1.89. The lowest BCUT2D eigenvalue weighted by Crippen LogP contribution is -2.66. The quantitative estimate of drug-likeness (QED) is 0.848. The van der Waals surface area contributed by atoms with E-state index in [9.17, 15) is 9.90 Å². The normalized spacial score (nSPS) is 17.4. The largest absolute Gasteiger partial charge is 0.386 e. The van der Waals surface area contributed by atoms with E-state index in [0.29, 0.717) is 26.1 Å². The van der Waals surface area contributed by atoms with E-state index >= 15 is 0 Å². The summed E-state index contributed by atoms with van der Waals surface area (Å²) < 4.78 is 0. The van der Waals surface area contributed by atoms with Gasteiger partial charge in [-0.2, -0.15) is 0 Å². The number of β-amino-alcohol motifs (C(OH)–C–C–N with tert-alkyl or cyclic N) is 1. The van der Waals surface area contributed by atoms with Crippen LogP contribution in [-0.2, 0) is 17.8 Å². The summed E-state index contributed by atoms with van der Waals surface area (Å²) in [6.07, 6.45) is 0.388. The van der Waals surface area contributed by atoms with Crippen LogP contribution in [0.3, 0.4) is 0 Å². The molecule has 0 bridgehead atoms. The third-order valence-corrected chi connectivity index (χ3v) is 3.97. The number of hydrogen-bond acceptors (Lipinski definition) is 3. The number of likely N-dealkylation sites (tertiary alicyclic amines) is 1. The first-order valence-electron chi connectivity index (χ1n) is 6.72. The van der Waals surface area contributed by atoms with Gasteiger partial charge in [-0.3, -0.25) is 4.79 Å². The Morgan fingerprint density at radius 1 is 1.32 bits per heavy atom. The fourth-order valence-electron chi connectivity index (χ4n) is 2.24. The molecule has 19 heavy (non-hydrogen) atoms. The molecule has 1 aromatic carbocycles. The molecule has 0 aromatic heterocycles. The van der Waals surface area contributed by atoms with E-state index in [0.717, 1.165) is 11.1 Å². The summed E-state index contributed by atoms with van der Waals surface area (Å²) in [5.41, 5.74) is 6.89. The average Bonchev–Trinajstić information content (AvgIpc) is 2.35. The lowest BCUT2D eigenvalue weighted by atomic mass is 9.83. The van der Waals surface area contributed by atoms with Crippen LogP contribution in [0.2, 0.25) is 0 Å². The van der Waals surface area contributed by atoms with Gasteiger partial charge >= 0.3 is 0 Å². The van der Waals surface area contributed by atoms with Gasteiger partial charge in [0.25, 0.3) is 0 Å². The highest BCUT2D eigenvalue weighted by Gasteiger charge is 2.45. The zero-order valence-electron chi connectivity index (χ0n) is 11.6. The Kier molecular flexibility index (Phi) is 3.92. The van der Waals surface area contributed by atoms with Gasteiger partial charge in [0.2, 0.25) is 5.91 Å². The van der Waals surface area contributed by atoms with Gasteiger partial charge in [0, 0.05) is 6.54 Å². The molecule has 1 aromatic rings. The second-order valence-corrected chi connectivity index (χ2v) is 5.71. The van der Waals surface area contributed by atoms with Crippen molar-refractivity contribution in [2.24, 2.45) is 11.7 Å². The van der Waals surface area contributed by atoms with E-state index in [-0.39, 0.29) is 11.8 Å². The molecule has 104 valence electrons. The van der Waals surface area contributed by atoms with Crippen molar-refractivity contribution in [2.75, 3.05) is 13.1 Å². The molecule has 0 aliphatic carbocycles. The Morgan fingerprint density at radius 2 is 1.84 bits per heavy atom. The molecule has 1 fully saturated rings. The van der Waals surface area contributed by atoms with Gasteiger partial charge in [-0.25, -0.2) is 0 Å². The predicted molar refractivity (Wildman–Crippen MR) is 74.4 cm³/mol. The van der Waals surface area contributed by atoms with E-state index < -0.39 is 5.60 Å². The molecule has 4 heteroatoms. The van der Waals surface area contributed by atoms with Gasteiger partial charge in [0.15, 0.2) is 0 Å². The zero-order chi connectivity index (χ0) is 14.0. The fourth-order valence-corrected chi connectivity index (χ4v) is 2.24. The maximum atomic E-state index is 12.0. The highest BCUT2D eigenvalue weighted by Crippen LogP contribution is 2.28. The molecular formula is C15H22N2O2. The molecule has 0 radical (unpaired) electrons. The molecule has 1 saturated heterocycles. The van der Waals surface area contributed by atoms with E-state index in [2.05, 4.69) is 0 Å². The first kappa shape index (κ1) is 14.0. The van der Waals surface area contributed by atoms with Crippen LogP contribution < -0.4 is 5.73 Å². The second-order valence-electron chi connectivity index (χ2n) is 5.71. The van der Waals surface area contributed by atoms with Crippen LogP contribution in [0.5, 0.6) is 0 Å². The lowest BCUT2D eigenvalue weighted by Gasteiger charge is -2.49. The molecule has 1 amide bonds. The Bertz CT molecular complexity index is 448. The SMILES string of the molecule is CC(C)C1(O)CN(C(=O)Cc2ccc(CN)cc2)C1. The number of rotatable bonds is 4.